The molecular weight excluding hydrogens is 524 g/mol. The van der Waals surface area contributed by atoms with Crippen molar-refractivity contribution in [1.82, 2.24) is 5.32 Å². The largest absolute Gasteiger partial charge is 0.504 e. The van der Waals surface area contributed by atoms with Crippen LogP contribution in [0, 0.1) is 0 Å². The fourth-order valence-electron chi connectivity index (χ4n) is 4.49. The molecule has 6 atom stereocenters. The Bertz CT molecular complexity index is 1240. The van der Waals surface area contributed by atoms with Gasteiger partial charge in [0.25, 0.3) is 0 Å². The lowest BCUT2D eigenvalue weighted by Gasteiger charge is -2.39. The summed E-state index contributed by atoms with van der Waals surface area (Å²) in [6.07, 6.45) is -4.09. The van der Waals surface area contributed by atoms with Crippen LogP contribution in [-0.4, -0.2) is 109 Å². The fourth-order valence-corrected chi connectivity index (χ4v) is 4.49. The van der Waals surface area contributed by atoms with Crippen LogP contribution >= 0.6 is 0 Å². The summed E-state index contributed by atoms with van der Waals surface area (Å²) in [5.41, 5.74) is 0.160. The number of benzene rings is 1. The summed E-state index contributed by atoms with van der Waals surface area (Å²) in [7, 11) is 0. The van der Waals surface area contributed by atoms with E-state index in [0.717, 1.165) is 0 Å². The quantitative estimate of drug-likeness (QED) is 0.167. The zero-order valence-corrected chi connectivity index (χ0v) is 20.0. The zero-order chi connectivity index (χ0) is 28.6. The van der Waals surface area contributed by atoms with Gasteiger partial charge in [-0.05, 0) is 29.4 Å². The molecule has 0 bridgehead atoms. The van der Waals surface area contributed by atoms with E-state index < -0.39 is 67.0 Å². The molecule has 9 N–H and O–H groups in total. The number of nitrogens with zero attached hydrogens (tertiary/aromatic N) is 1. The van der Waals surface area contributed by atoms with Crippen LogP contribution in [0.3, 0.4) is 0 Å². The lowest BCUT2D eigenvalue weighted by atomic mass is 9.99. The van der Waals surface area contributed by atoms with Crippen LogP contribution in [0.1, 0.15) is 5.56 Å². The maximum atomic E-state index is 12.0. The Morgan fingerprint density at radius 1 is 1.03 bits per heavy atom. The molecule has 4 rings (SSSR count). The number of aliphatic hydroxyl groups is 4. The number of anilines is 1. The van der Waals surface area contributed by atoms with Crippen LogP contribution in [0.2, 0.25) is 0 Å². The Kier molecular flexibility index (Phi) is 7.80. The predicted octanol–water partition coefficient (Wildman–Crippen LogP) is -2.15. The number of dihydropyridines is 1. The zero-order valence-electron chi connectivity index (χ0n) is 20.0. The van der Waals surface area contributed by atoms with Crippen molar-refractivity contribution >= 4 is 23.6 Å². The summed E-state index contributed by atoms with van der Waals surface area (Å²) >= 11 is 0. The summed E-state index contributed by atoms with van der Waals surface area (Å²) in [4.78, 5) is 36.1. The smallest absolute Gasteiger partial charge is 0.352 e. The summed E-state index contributed by atoms with van der Waals surface area (Å²) in [6.45, 7) is -0.785. The van der Waals surface area contributed by atoms with Gasteiger partial charge < -0.3 is 60.5 Å². The lowest BCUT2D eigenvalue weighted by molar-refractivity contribution is -0.277. The molecule has 0 radical (unpaired) electrons. The highest BCUT2D eigenvalue weighted by Crippen LogP contribution is 2.41. The first-order chi connectivity index (χ1) is 18.4. The van der Waals surface area contributed by atoms with Crippen molar-refractivity contribution in [3.63, 3.8) is 0 Å². The molecule has 0 aliphatic carbocycles. The maximum Gasteiger partial charge on any atom is 0.352 e. The second-order valence-corrected chi connectivity index (χ2v) is 9.03. The number of hydrogen-bond acceptors (Lipinski definition) is 12. The van der Waals surface area contributed by atoms with Gasteiger partial charge in [0.05, 0.1) is 6.61 Å². The number of fused-ring (bicyclic) bond motifs is 1. The van der Waals surface area contributed by atoms with Crippen molar-refractivity contribution in [2.75, 3.05) is 18.1 Å². The van der Waals surface area contributed by atoms with Crippen molar-refractivity contribution in [3.05, 3.63) is 52.9 Å². The first-order valence-corrected chi connectivity index (χ1v) is 11.6. The van der Waals surface area contributed by atoms with Crippen LogP contribution in [0.25, 0.3) is 0 Å². The van der Waals surface area contributed by atoms with Gasteiger partial charge in [-0.3, -0.25) is 0 Å². The normalized spacial score (nSPS) is 28.1. The van der Waals surface area contributed by atoms with Gasteiger partial charge in [0.1, 0.15) is 41.9 Å². The van der Waals surface area contributed by atoms with E-state index in [1.54, 1.807) is 0 Å². The molecule has 3 aliphatic heterocycles. The molecule has 1 aromatic carbocycles. The number of hydrogen-bond donors (Lipinski definition) is 9. The van der Waals surface area contributed by atoms with Crippen molar-refractivity contribution < 1.29 is 64.7 Å². The number of aromatic hydroxyl groups is 1. The van der Waals surface area contributed by atoms with Crippen molar-refractivity contribution in [2.45, 2.75) is 43.2 Å². The van der Waals surface area contributed by atoms with E-state index in [9.17, 15) is 55.2 Å². The summed E-state index contributed by atoms with van der Waals surface area (Å²) in [6, 6.07) is 1.44. The molecule has 1 saturated heterocycles. The third kappa shape index (κ3) is 5.52. The van der Waals surface area contributed by atoms with E-state index in [1.165, 1.54) is 35.3 Å². The molecule has 210 valence electrons. The Hall–Kier alpha value is -4.15. The molecule has 15 heteroatoms. The highest BCUT2D eigenvalue weighted by atomic mass is 16.7. The topological polar surface area (TPSA) is 247 Å². The molecule has 3 heterocycles. The fraction of sp³-hybridized carbons (Fsp3) is 0.375. The Labute approximate surface area is 219 Å². The van der Waals surface area contributed by atoms with E-state index in [2.05, 4.69) is 5.32 Å². The Morgan fingerprint density at radius 2 is 1.67 bits per heavy atom. The SMILES string of the molecule is O=C(O)C1=CC(=CCN2c3cc(O)c(OC4OC(CO)C(O)C(O)C4O)cc3CC2C(=O)O)C=C(C(=O)O)N1. The van der Waals surface area contributed by atoms with Crippen LogP contribution < -0.4 is 15.0 Å². The first kappa shape index (κ1) is 27.9. The molecule has 3 aliphatic rings. The van der Waals surface area contributed by atoms with Gasteiger partial charge in [-0.1, -0.05) is 6.08 Å². The minimum Gasteiger partial charge on any atom is -0.504 e. The molecular formula is C24H26N2O13. The highest BCUT2D eigenvalue weighted by Gasteiger charge is 2.45. The van der Waals surface area contributed by atoms with Gasteiger partial charge in [-0.25, -0.2) is 14.4 Å². The van der Waals surface area contributed by atoms with Gasteiger partial charge in [-0.2, -0.15) is 0 Å². The number of aliphatic hydroxyl groups excluding tert-OH is 4. The Balaban J connectivity index is 1.61. The molecule has 6 unspecified atom stereocenters. The number of allylic oxidation sites excluding steroid dienone is 3. The predicted molar refractivity (Wildman–Crippen MR) is 128 cm³/mol. The molecule has 0 aromatic heterocycles. The van der Waals surface area contributed by atoms with Crippen LogP contribution in [0.15, 0.2) is 47.3 Å². The van der Waals surface area contributed by atoms with E-state index in [4.69, 9.17) is 9.47 Å². The lowest BCUT2D eigenvalue weighted by Crippen LogP contribution is -2.60. The van der Waals surface area contributed by atoms with Gasteiger partial charge in [-0.15, -0.1) is 0 Å². The second kappa shape index (κ2) is 10.9. The van der Waals surface area contributed by atoms with Crippen LogP contribution in [0.4, 0.5) is 5.69 Å². The van der Waals surface area contributed by atoms with Gasteiger partial charge in [0, 0.05) is 24.7 Å². The first-order valence-electron chi connectivity index (χ1n) is 11.6. The third-order valence-electron chi connectivity index (χ3n) is 6.51. The number of carbonyl (C=O) groups is 3. The number of carboxylic acids is 3. The molecule has 1 aromatic rings. The van der Waals surface area contributed by atoms with Crippen LogP contribution in [-0.2, 0) is 25.5 Å². The van der Waals surface area contributed by atoms with E-state index in [0.29, 0.717) is 11.3 Å². The van der Waals surface area contributed by atoms with E-state index in [1.807, 2.05) is 0 Å². The highest BCUT2D eigenvalue weighted by molar-refractivity contribution is 5.94. The van der Waals surface area contributed by atoms with Crippen LogP contribution in [0.5, 0.6) is 11.5 Å². The standard InChI is InChI=1S/C24H26N2O13/c27-8-17-18(29)19(30)20(31)24(39-17)38-16-6-10-5-14(23(36)37)26(13(10)7-15(16)28)2-1-9-3-11(21(32)33)25-12(4-9)22(34)35/h1,3-4,6-7,14,17-20,24-25,27-31H,2,5,8H2,(H,32,33)(H,34,35)(H,36,37). The summed E-state index contributed by atoms with van der Waals surface area (Å²) < 4.78 is 10.8. The van der Waals surface area contributed by atoms with Crippen molar-refractivity contribution in [3.8, 4) is 11.5 Å². The molecule has 1 fully saturated rings. The minimum absolute atomic E-state index is 0.0346. The average Bonchev–Trinajstić information content (AvgIpc) is 3.24. The monoisotopic (exact) mass is 550 g/mol. The van der Waals surface area contributed by atoms with Gasteiger partial charge >= 0.3 is 17.9 Å². The van der Waals surface area contributed by atoms with E-state index in [-0.39, 0.29) is 35.7 Å². The molecule has 39 heavy (non-hydrogen) atoms. The number of nitrogens with one attached hydrogen (secondary N) is 1. The summed E-state index contributed by atoms with van der Waals surface area (Å²) in [5.74, 6) is -4.67. The van der Waals surface area contributed by atoms with E-state index >= 15 is 0 Å². The number of rotatable bonds is 8. The van der Waals surface area contributed by atoms with Gasteiger partial charge in [0.2, 0.25) is 6.29 Å². The number of aliphatic carboxylic acids is 3. The number of phenols is 1. The summed E-state index contributed by atoms with van der Waals surface area (Å²) in [5, 5.41) is 80.7. The second-order valence-electron chi connectivity index (χ2n) is 9.03. The molecule has 0 saturated carbocycles. The number of ether oxygens (including phenoxy) is 2. The number of phenolic OH excluding ortho intramolecular Hbond substituents is 1. The average molecular weight is 550 g/mol. The third-order valence-corrected chi connectivity index (χ3v) is 6.51. The molecule has 0 spiro atoms. The number of carboxylic acid groups (broad SMARTS) is 3. The molecule has 15 nitrogen and oxygen atoms in total. The van der Waals surface area contributed by atoms with Crippen molar-refractivity contribution in [1.29, 1.82) is 0 Å². The molecule has 0 amide bonds. The maximum absolute atomic E-state index is 12.0. The minimum atomic E-state index is -1.73. The Morgan fingerprint density at radius 3 is 2.23 bits per heavy atom. The van der Waals surface area contributed by atoms with Gasteiger partial charge in [0.15, 0.2) is 11.5 Å². The van der Waals surface area contributed by atoms with Crippen molar-refractivity contribution in [2.24, 2.45) is 0 Å².